The topological polar surface area (TPSA) is 79.0 Å². The number of carboxylic acids is 1. The third-order valence-corrected chi connectivity index (χ3v) is 7.75. The predicted molar refractivity (Wildman–Crippen MR) is 126 cm³/mol. The molecule has 0 amide bonds. The molecule has 34 heavy (non-hydrogen) atoms. The summed E-state index contributed by atoms with van der Waals surface area (Å²) in [7, 11) is 0. The van der Waals surface area contributed by atoms with Crippen LogP contribution in [0.2, 0.25) is 5.02 Å². The summed E-state index contributed by atoms with van der Waals surface area (Å²) in [6, 6.07) is 7.61. The maximum Gasteiger partial charge on any atom is 0.307 e. The quantitative estimate of drug-likeness (QED) is 0.582. The number of likely N-dealkylation sites (tertiary alicyclic amines) is 1. The van der Waals surface area contributed by atoms with Gasteiger partial charge in [0.25, 0.3) is 0 Å². The van der Waals surface area contributed by atoms with Gasteiger partial charge in [-0.05, 0) is 55.1 Å². The van der Waals surface area contributed by atoms with Gasteiger partial charge in [-0.2, -0.15) is 0 Å². The van der Waals surface area contributed by atoms with E-state index in [1.165, 1.54) is 0 Å². The average molecular weight is 486 g/mol. The monoisotopic (exact) mass is 485 g/mol. The van der Waals surface area contributed by atoms with E-state index in [0.29, 0.717) is 66.7 Å². The molecule has 1 N–H and O–H groups in total. The summed E-state index contributed by atoms with van der Waals surface area (Å²) >= 11 is 6.76. The van der Waals surface area contributed by atoms with Gasteiger partial charge in [0.1, 0.15) is 5.52 Å². The zero-order valence-electron chi connectivity index (χ0n) is 18.6. The van der Waals surface area contributed by atoms with E-state index in [1.54, 1.807) is 0 Å². The number of halogens is 2. The number of hydrogen-bond acceptors (Lipinski definition) is 6. The zero-order valence-corrected chi connectivity index (χ0v) is 19.4. The van der Waals surface area contributed by atoms with Crippen LogP contribution < -0.4 is 4.90 Å². The van der Waals surface area contributed by atoms with Gasteiger partial charge in [0.05, 0.1) is 35.4 Å². The lowest BCUT2D eigenvalue weighted by Gasteiger charge is -2.29. The predicted octanol–water partition coefficient (Wildman–Crippen LogP) is 4.52. The first-order chi connectivity index (χ1) is 16.5. The van der Waals surface area contributed by atoms with Crippen LogP contribution in [0.4, 0.5) is 10.1 Å². The maximum absolute atomic E-state index is 15.5. The third kappa shape index (κ3) is 3.56. The summed E-state index contributed by atoms with van der Waals surface area (Å²) in [5, 5.41) is 9.89. The first-order valence-corrected chi connectivity index (χ1v) is 12.1. The van der Waals surface area contributed by atoms with E-state index in [9.17, 15) is 9.90 Å². The fourth-order valence-electron chi connectivity index (χ4n) is 5.57. The normalized spacial score (nSPS) is 23.1. The minimum absolute atomic E-state index is 0.00614. The summed E-state index contributed by atoms with van der Waals surface area (Å²) in [6.07, 6.45) is 1.99. The fraction of sp³-hybridized carbons (Fsp3) is 0.440. The molecule has 2 aromatic carbocycles. The highest BCUT2D eigenvalue weighted by Gasteiger charge is 2.37. The molecule has 1 aromatic heterocycles. The van der Waals surface area contributed by atoms with Crippen molar-refractivity contribution >= 4 is 34.4 Å². The smallest absolute Gasteiger partial charge is 0.307 e. The van der Waals surface area contributed by atoms with E-state index in [2.05, 4.69) is 14.8 Å². The van der Waals surface area contributed by atoms with E-state index in [4.69, 9.17) is 20.8 Å². The number of carboxylic acid groups (broad SMARTS) is 1. The van der Waals surface area contributed by atoms with Crippen LogP contribution >= 0.6 is 11.6 Å². The maximum atomic E-state index is 15.5. The van der Waals surface area contributed by atoms with Crippen molar-refractivity contribution in [3.8, 4) is 11.5 Å². The standard InChI is InChI=1S/C25H25ClFN3O4/c26-21-16(2-1-3-20(21)29-8-10-33-11-9-29)24-28-18-12-17-15(22(27)23(18)34-24)4-5-19(17)30-7-6-14(13-30)25(31)32/h1-3,12,14,19H,4-11,13H2,(H,31,32). The van der Waals surface area contributed by atoms with Gasteiger partial charge in [0.2, 0.25) is 5.89 Å². The van der Waals surface area contributed by atoms with Gasteiger partial charge in [-0.1, -0.05) is 17.7 Å². The SMILES string of the molecule is O=C(O)C1CCN(C2CCc3c2cc2nc(-c4cccc(N5CCOCC5)c4Cl)oc2c3F)C1. The number of morpholine rings is 1. The van der Waals surface area contributed by atoms with Crippen molar-refractivity contribution in [2.75, 3.05) is 44.3 Å². The van der Waals surface area contributed by atoms with Crippen molar-refractivity contribution < 1.29 is 23.4 Å². The average Bonchev–Trinajstić information content (AvgIpc) is 3.58. The van der Waals surface area contributed by atoms with Crippen LogP contribution in [0.15, 0.2) is 28.7 Å². The number of aliphatic carboxylic acids is 1. The molecule has 2 atom stereocenters. The highest BCUT2D eigenvalue weighted by atomic mass is 35.5. The number of carbonyl (C=O) groups is 1. The van der Waals surface area contributed by atoms with Crippen LogP contribution in [0, 0.1) is 11.7 Å². The molecule has 0 saturated carbocycles. The molecule has 0 bridgehead atoms. The van der Waals surface area contributed by atoms with Crippen LogP contribution in [0.5, 0.6) is 0 Å². The summed E-state index contributed by atoms with van der Waals surface area (Å²) < 4.78 is 26.9. The first-order valence-electron chi connectivity index (χ1n) is 11.7. The van der Waals surface area contributed by atoms with Gasteiger partial charge < -0.3 is 19.2 Å². The number of rotatable bonds is 4. The van der Waals surface area contributed by atoms with Crippen molar-refractivity contribution in [3.05, 3.63) is 46.2 Å². The third-order valence-electron chi connectivity index (χ3n) is 7.36. The van der Waals surface area contributed by atoms with Gasteiger partial charge in [-0.15, -0.1) is 0 Å². The van der Waals surface area contributed by atoms with Gasteiger partial charge in [0.15, 0.2) is 11.4 Å². The van der Waals surface area contributed by atoms with Crippen LogP contribution in [0.25, 0.3) is 22.6 Å². The number of hydrogen-bond donors (Lipinski definition) is 1. The van der Waals surface area contributed by atoms with E-state index in [1.807, 2.05) is 24.3 Å². The van der Waals surface area contributed by atoms with Crippen LogP contribution in [0.3, 0.4) is 0 Å². The van der Waals surface area contributed by atoms with E-state index < -0.39 is 5.97 Å². The Morgan fingerprint density at radius 2 is 2.03 bits per heavy atom. The number of nitrogens with zero attached hydrogens (tertiary/aromatic N) is 3. The number of aromatic nitrogens is 1. The van der Waals surface area contributed by atoms with Crippen molar-refractivity contribution in [2.45, 2.75) is 25.3 Å². The lowest BCUT2D eigenvalue weighted by atomic mass is 10.1. The molecule has 0 spiro atoms. The minimum Gasteiger partial charge on any atom is -0.481 e. The molecule has 178 valence electrons. The number of benzene rings is 2. The highest BCUT2D eigenvalue weighted by molar-refractivity contribution is 6.35. The van der Waals surface area contributed by atoms with E-state index in [-0.39, 0.29) is 23.4 Å². The van der Waals surface area contributed by atoms with Crippen LogP contribution in [-0.2, 0) is 16.0 Å². The molecule has 0 radical (unpaired) electrons. The van der Waals surface area contributed by atoms with Gasteiger partial charge in [0, 0.05) is 25.7 Å². The Kier molecular flexibility index (Phi) is 5.47. The van der Waals surface area contributed by atoms with E-state index >= 15 is 4.39 Å². The molecular formula is C25H25ClFN3O4. The van der Waals surface area contributed by atoms with Gasteiger partial charge in [-0.3, -0.25) is 9.69 Å². The molecule has 7 nitrogen and oxygen atoms in total. The van der Waals surface area contributed by atoms with Crippen LogP contribution in [-0.4, -0.2) is 60.4 Å². The summed E-state index contributed by atoms with van der Waals surface area (Å²) in [6.45, 7) is 3.98. The van der Waals surface area contributed by atoms with Gasteiger partial charge in [-0.25, -0.2) is 9.37 Å². The largest absolute Gasteiger partial charge is 0.481 e. The molecule has 3 heterocycles. The molecule has 2 fully saturated rings. The van der Waals surface area contributed by atoms with Gasteiger partial charge >= 0.3 is 5.97 Å². The Bertz CT molecular complexity index is 1270. The summed E-state index contributed by atoms with van der Waals surface area (Å²) in [5.74, 6) is -1.21. The minimum atomic E-state index is -0.764. The second-order valence-corrected chi connectivity index (χ2v) is 9.61. The number of oxazole rings is 1. The number of ether oxygens (including phenoxy) is 1. The van der Waals surface area contributed by atoms with Crippen molar-refractivity contribution in [2.24, 2.45) is 5.92 Å². The molecule has 3 aromatic rings. The zero-order chi connectivity index (χ0) is 23.4. The molecule has 3 aliphatic rings. The van der Waals surface area contributed by atoms with E-state index in [0.717, 1.165) is 30.8 Å². The van der Waals surface area contributed by atoms with Crippen molar-refractivity contribution in [1.82, 2.24) is 9.88 Å². The Morgan fingerprint density at radius 1 is 1.21 bits per heavy atom. The number of anilines is 1. The Hall–Kier alpha value is -2.68. The molecule has 1 aliphatic carbocycles. The molecule has 2 unspecified atom stereocenters. The summed E-state index contributed by atoms with van der Waals surface area (Å²) in [4.78, 5) is 20.4. The Balaban J connectivity index is 1.36. The van der Waals surface area contributed by atoms with Crippen molar-refractivity contribution in [1.29, 1.82) is 0 Å². The first kappa shape index (κ1) is 21.8. The number of fused-ring (bicyclic) bond motifs is 2. The fourth-order valence-corrected chi connectivity index (χ4v) is 5.90. The molecule has 2 aliphatic heterocycles. The molecule has 9 heteroatoms. The lowest BCUT2D eigenvalue weighted by molar-refractivity contribution is -0.141. The van der Waals surface area contributed by atoms with Crippen LogP contribution in [0.1, 0.15) is 30.0 Å². The Morgan fingerprint density at radius 3 is 2.79 bits per heavy atom. The van der Waals surface area contributed by atoms with Crippen molar-refractivity contribution in [3.63, 3.8) is 0 Å². The summed E-state index contributed by atoms with van der Waals surface area (Å²) in [5.41, 5.74) is 3.65. The second-order valence-electron chi connectivity index (χ2n) is 9.24. The second kappa shape index (κ2) is 8.52. The Labute approximate surface area is 201 Å². The molecule has 6 rings (SSSR count). The molecule has 2 saturated heterocycles. The molecular weight excluding hydrogens is 461 g/mol. The highest BCUT2D eigenvalue weighted by Crippen LogP contribution is 2.43. The lowest BCUT2D eigenvalue weighted by Crippen LogP contribution is -2.36.